The van der Waals surface area contributed by atoms with Crippen LogP contribution in [-0.4, -0.2) is 0 Å². The molecule has 0 radical (unpaired) electrons. The summed E-state index contributed by atoms with van der Waals surface area (Å²) in [6.45, 7) is 0. The summed E-state index contributed by atoms with van der Waals surface area (Å²) in [7, 11) is 0. The van der Waals surface area contributed by atoms with Crippen LogP contribution in [0.25, 0.3) is 0 Å². The van der Waals surface area contributed by atoms with Crippen LogP contribution in [0.5, 0.6) is 11.5 Å². The highest BCUT2D eigenvalue weighted by molar-refractivity contribution is 9.10. The number of rotatable bonds is 2. The highest BCUT2D eigenvalue weighted by Gasteiger charge is 2.12. The van der Waals surface area contributed by atoms with Gasteiger partial charge in [0.05, 0.1) is 20.2 Å². The number of para-hydroxylation sites is 1. The molecule has 2 nitrogen and oxygen atoms in total. The van der Waals surface area contributed by atoms with Crippen LogP contribution in [-0.2, 0) is 0 Å². The van der Waals surface area contributed by atoms with E-state index in [9.17, 15) is 4.39 Å². The van der Waals surface area contributed by atoms with Crippen LogP contribution in [0.4, 0.5) is 10.1 Å². The lowest BCUT2D eigenvalue weighted by Crippen LogP contribution is -1.94. The fourth-order valence-corrected chi connectivity index (χ4v) is 2.27. The summed E-state index contributed by atoms with van der Waals surface area (Å²) in [5.41, 5.74) is 6.11. The number of anilines is 1. The van der Waals surface area contributed by atoms with Gasteiger partial charge in [-0.1, -0.05) is 29.3 Å². The van der Waals surface area contributed by atoms with Crippen LogP contribution in [0.2, 0.25) is 10.0 Å². The van der Waals surface area contributed by atoms with Crippen molar-refractivity contribution in [2.45, 2.75) is 0 Å². The van der Waals surface area contributed by atoms with E-state index in [4.69, 9.17) is 33.7 Å². The normalized spacial score (nSPS) is 10.4. The lowest BCUT2D eigenvalue weighted by molar-refractivity contribution is 0.476. The standard InChI is InChI=1S/C12H7BrCl2FNO/c13-6-4-8(15)9(16)5-11(6)18-12-7(14)2-1-3-10(12)17/h1-5H,17H2. The smallest absolute Gasteiger partial charge is 0.168 e. The second-order valence-electron chi connectivity index (χ2n) is 3.46. The van der Waals surface area contributed by atoms with Gasteiger partial charge in [0.2, 0.25) is 0 Å². The number of hydrogen-bond acceptors (Lipinski definition) is 2. The second kappa shape index (κ2) is 5.34. The molecule has 2 rings (SSSR count). The summed E-state index contributed by atoms with van der Waals surface area (Å²) in [5, 5.41) is 0.346. The van der Waals surface area contributed by atoms with E-state index in [0.717, 1.165) is 6.07 Å². The van der Waals surface area contributed by atoms with E-state index in [2.05, 4.69) is 15.9 Å². The maximum Gasteiger partial charge on any atom is 0.168 e. The fraction of sp³-hybridized carbons (Fsp3) is 0. The molecule has 0 saturated carbocycles. The summed E-state index contributed by atoms with van der Waals surface area (Å²) >= 11 is 14.8. The van der Waals surface area contributed by atoms with E-state index >= 15 is 0 Å². The van der Waals surface area contributed by atoms with Gasteiger partial charge in [0.1, 0.15) is 11.6 Å². The van der Waals surface area contributed by atoms with Gasteiger partial charge in [-0.2, -0.15) is 0 Å². The number of benzene rings is 2. The molecule has 0 heterocycles. The van der Waals surface area contributed by atoms with Crippen molar-refractivity contribution in [3.63, 3.8) is 0 Å². The Balaban J connectivity index is 2.43. The molecule has 0 spiro atoms. The Morgan fingerprint density at radius 3 is 2.56 bits per heavy atom. The molecule has 2 aromatic rings. The van der Waals surface area contributed by atoms with Crippen LogP contribution in [0, 0.1) is 5.82 Å². The minimum atomic E-state index is -0.583. The highest BCUT2D eigenvalue weighted by atomic mass is 79.9. The first-order valence-corrected chi connectivity index (χ1v) is 6.40. The molecule has 0 amide bonds. The largest absolute Gasteiger partial charge is 0.452 e. The second-order valence-corrected chi connectivity index (χ2v) is 5.13. The zero-order chi connectivity index (χ0) is 13.3. The van der Waals surface area contributed by atoms with E-state index < -0.39 is 5.82 Å². The lowest BCUT2D eigenvalue weighted by Gasteiger charge is -2.12. The van der Waals surface area contributed by atoms with E-state index in [-0.39, 0.29) is 16.5 Å². The Hall–Kier alpha value is -0.970. The average Bonchev–Trinajstić information content (AvgIpc) is 2.30. The topological polar surface area (TPSA) is 35.2 Å². The van der Waals surface area contributed by atoms with Gasteiger partial charge < -0.3 is 10.5 Å². The third-order valence-corrected chi connectivity index (χ3v) is 3.39. The molecule has 18 heavy (non-hydrogen) atoms. The van der Waals surface area contributed by atoms with Crippen LogP contribution in [0.15, 0.2) is 34.8 Å². The van der Waals surface area contributed by atoms with E-state index in [1.54, 1.807) is 18.2 Å². The van der Waals surface area contributed by atoms with Crippen molar-refractivity contribution in [3.05, 3.63) is 50.7 Å². The van der Waals surface area contributed by atoms with Crippen molar-refractivity contribution in [2.24, 2.45) is 0 Å². The predicted octanol–water partition coefficient (Wildman–Crippen LogP) is 5.27. The van der Waals surface area contributed by atoms with Gasteiger partial charge in [0, 0.05) is 6.07 Å². The quantitative estimate of drug-likeness (QED) is 0.591. The van der Waals surface area contributed by atoms with Crippen molar-refractivity contribution in [2.75, 3.05) is 5.73 Å². The van der Waals surface area contributed by atoms with E-state index in [0.29, 0.717) is 15.2 Å². The third-order valence-electron chi connectivity index (χ3n) is 2.18. The summed E-state index contributed by atoms with van der Waals surface area (Å²) in [5.74, 6) is -0.0567. The maximum atomic E-state index is 13.4. The Labute approximate surface area is 122 Å². The Kier molecular flexibility index (Phi) is 4.00. The predicted molar refractivity (Wildman–Crippen MR) is 75.0 cm³/mol. The molecule has 0 aromatic heterocycles. The first-order chi connectivity index (χ1) is 8.49. The van der Waals surface area contributed by atoms with Crippen molar-refractivity contribution >= 4 is 44.8 Å². The molecule has 2 aromatic carbocycles. The van der Waals surface area contributed by atoms with E-state index in [1.807, 2.05) is 0 Å². The Bertz CT molecular complexity index is 587. The van der Waals surface area contributed by atoms with Crippen LogP contribution in [0.1, 0.15) is 0 Å². The zero-order valence-corrected chi connectivity index (χ0v) is 12.0. The minimum Gasteiger partial charge on any atom is -0.452 e. The molecular weight excluding hydrogens is 344 g/mol. The lowest BCUT2D eigenvalue weighted by atomic mass is 10.3. The van der Waals surface area contributed by atoms with Gasteiger partial charge in [-0.25, -0.2) is 4.39 Å². The molecule has 0 aliphatic carbocycles. The number of ether oxygens (including phenoxy) is 1. The van der Waals surface area contributed by atoms with Gasteiger partial charge in [0.15, 0.2) is 5.75 Å². The summed E-state index contributed by atoms with van der Waals surface area (Å²) in [6.07, 6.45) is 0. The van der Waals surface area contributed by atoms with Crippen LogP contribution in [0.3, 0.4) is 0 Å². The van der Waals surface area contributed by atoms with Crippen molar-refractivity contribution < 1.29 is 9.13 Å². The van der Waals surface area contributed by atoms with Crippen molar-refractivity contribution in [1.29, 1.82) is 0 Å². The molecule has 6 heteroatoms. The molecule has 0 unspecified atom stereocenters. The third kappa shape index (κ3) is 2.71. The molecule has 2 N–H and O–H groups in total. The molecule has 0 saturated heterocycles. The molecule has 0 atom stereocenters. The van der Waals surface area contributed by atoms with Gasteiger partial charge in [0.25, 0.3) is 0 Å². The summed E-state index contributed by atoms with van der Waals surface area (Å²) < 4.78 is 19.4. The minimum absolute atomic E-state index is 0.00126. The average molecular weight is 351 g/mol. The molecule has 0 bridgehead atoms. The van der Waals surface area contributed by atoms with Gasteiger partial charge in [-0.3, -0.25) is 0 Å². The highest BCUT2D eigenvalue weighted by Crippen LogP contribution is 2.39. The Morgan fingerprint density at radius 1 is 1.17 bits per heavy atom. The molecule has 0 fully saturated rings. The van der Waals surface area contributed by atoms with Crippen molar-refractivity contribution in [3.8, 4) is 11.5 Å². The molecule has 94 valence electrons. The molecule has 0 aliphatic heterocycles. The molecule has 0 aliphatic rings. The number of halogens is 4. The van der Waals surface area contributed by atoms with Gasteiger partial charge >= 0.3 is 0 Å². The Morgan fingerprint density at radius 2 is 1.89 bits per heavy atom. The SMILES string of the molecule is Nc1cccc(Cl)c1Oc1cc(F)c(Cl)cc1Br. The summed E-state index contributed by atoms with van der Waals surface area (Å²) in [6, 6.07) is 7.53. The number of nitrogen functional groups attached to an aromatic ring is 1. The van der Waals surface area contributed by atoms with Crippen molar-refractivity contribution in [1.82, 2.24) is 0 Å². The molecular formula is C12H7BrCl2FNO. The monoisotopic (exact) mass is 349 g/mol. The van der Waals surface area contributed by atoms with Crippen LogP contribution >= 0.6 is 39.1 Å². The maximum absolute atomic E-state index is 13.4. The van der Waals surface area contributed by atoms with Gasteiger partial charge in [-0.15, -0.1) is 0 Å². The summed E-state index contributed by atoms with van der Waals surface area (Å²) in [4.78, 5) is 0. The van der Waals surface area contributed by atoms with Crippen LogP contribution < -0.4 is 10.5 Å². The zero-order valence-electron chi connectivity index (χ0n) is 8.88. The first-order valence-electron chi connectivity index (χ1n) is 4.85. The van der Waals surface area contributed by atoms with Gasteiger partial charge in [-0.05, 0) is 34.1 Å². The first kappa shape index (κ1) is 13.5. The number of nitrogens with two attached hydrogens (primary N) is 1. The fourth-order valence-electron chi connectivity index (χ4n) is 1.33. The van der Waals surface area contributed by atoms with E-state index in [1.165, 1.54) is 6.07 Å². The number of hydrogen-bond donors (Lipinski definition) is 1.